The SMILES string of the molecule is N#Cc1ccc2cc3c(nc2c1)CCC3. The number of nitrogens with zero attached hydrogens (tertiary/aromatic N) is 2. The zero-order valence-corrected chi connectivity index (χ0v) is 8.33. The lowest BCUT2D eigenvalue weighted by Crippen LogP contribution is -1.89. The normalized spacial score (nSPS) is 13.8. The van der Waals surface area contributed by atoms with Gasteiger partial charge in [0, 0.05) is 11.1 Å². The van der Waals surface area contributed by atoms with Crippen molar-refractivity contribution >= 4 is 10.9 Å². The van der Waals surface area contributed by atoms with E-state index < -0.39 is 0 Å². The Morgan fingerprint density at radius 3 is 3.00 bits per heavy atom. The summed E-state index contributed by atoms with van der Waals surface area (Å²) in [7, 11) is 0. The van der Waals surface area contributed by atoms with Crippen LogP contribution in [0.5, 0.6) is 0 Å². The number of nitriles is 1. The lowest BCUT2D eigenvalue weighted by Gasteiger charge is -2.02. The molecule has 1 aromatic carbocycles. The summed E-state index contributed by atoms with van der Waals surface area (Å²) in [5.74, 6) is 0. The Bertz CT molecular complexity index is 579. The van der Waals surface area contributed by atoms with E-state index in [1.54, 1.807) is 0 Å². The third kappa shape index (κ3) is 1.28. The molecule has 2 heteroatoms. The van der Waals surface area contributed by atoms with Gasteiger partial charge in [-0.1, -0.05) is 6.07 Å². The van der Waals surface area contributed by atoms with Gasteiger partial charge >= 0.3 is 0 Å². The fourth-order valence-electron chi connectivity index (χ4n) is 2.20. The highest BCUT2D eigenvalue weighted by Crippen LogP contribution is 2.24. The molecule has 0 saturated carbocycles. The van der Waals surface area contributed by atoms with Crippen molar-refractivity contribution in [2.75, 3.05) is 0 Å². The maximum atomic E-state index is 8.81. The molecule has 2 nitrogen and oxygen atoms in total. The van der Waals surface area contributed by atoms with Gasteiger partial charge in [0.1, 0.15) is 0 Å². The number of benzene rings is 1. The number of aryl methyl sites for hydroxylation is 2. The van der Waals surface area contributed by atoms with E-state index in [4.69, 9.17) is 5.26 Å². The Morgan fingerprint density at radius 2 is 2.13 bits per heavy atom. The molecule has 0 unspecified atom stereocenters. The van der Waals surface area contributed by atoms with Crippen LogP contribution in [0.1, 0.15) is 23.2 Å². The Hall–Kier alpha value is -1.88. The Kier molecular flexibility index (Phi) is 1.72. The first-order chi connectivity index (χ1) is 7.36. The second kappa shape index (κ2) is 3.06. The van der Waals surface area contributed by atoms with Gasteiger partial charge < -0.3 is 0 Å². The second-order valence-electron chi connectivity index (χ2n) is 3.97. The maximum Gasteiger partial charge on any atom is 0.0992 e. The van der Waals surface area contributed by atoms with E-state index in [9.17, 15) is 0 Å². The van der Waals surface area contributed by atoms with Crippen LogP contribution in [0.3, 0.4) is 0 Å². The molecule has 0 atom stereocenters. The standard InChI is InChI=1S/C13H10N2/c14-8-9-4-5-11-7-10-2-1-3-12(10)15-13(11)6-9/h4-7H,1-3H2. The fourth-order valence-corrected chi connectivity index (χ4v) is 2.20. The molecule has 0 saturated heterocycles. The number of pyridine rings is 1. The highest BCUT2D eigenvalue weighted by molar-refractivity contribution is 5.81. The minimum atomic E-state index is 0.688. The van der Waals surface area contributed by atoms with E-state index in [1.807, 2.05) is 18.2 Å². The van der Waals surface area contributed by atoms with Crippen molar-refractivity contribution in [2.24, 2.45) is 0 Å². The molecule has 3 rings (SSSR count). The van der Waals surface area contributed by atoms with Gasteiger partial charge in [-0.2, -0.15) is 5.26 Å². The first kappa shape index (κ1) is 8.43. The predicted molar refractivity (Wildman–Crippen MR) is 58.5 cm³/mol. The molecule has 0 radical (unpaired) electrons. The molecule has 0 N–H and O–H groups in total. The number of rotatable bonds is 0. The van der Waals surface area contributed by atoms with Crippen LogP contribution in [0.25, 0.3) is 10.9 Å². The first-order valence-corrected chi connectivity index (χ1v) is 5.19. The Labute approximate surface area is 88.2 Å². The van der Waals surface area contributed by atoms with Crippen molar-refractivity contribution < 1.29 is 0 Å². The summed E-state index contributed by atoms with van der Waals surface area (Å²) < 4.78 is 0. The van der Waals surface area contributed by atoms with Crippen LogP contribution in [0.15, 0.2) is 24.3 Å². The summed E-state index contributed by atoms with van der Waals surface area (Å²) in [4.78, 5) is 4.61. The van der Waals surface area contributed by atoms with Crippen LogP contribution < -0.4 is 0 Å². The van der Waals surface area contributed by atoms with Gasteiger partial charge in [0.2, 0.25) is 0 Å². The lowest BCUT2D eigenvalue weighted by molar-refractivity contribution is 0.901. The monoisotopic (exact) mass is 194 g/mol. The van der Waals surface area contributed by atoms with Gasteiger partial charge in [-0.15, -0.1) is 0 Å². The minimum Gasteiger partial charge on any atom is -0.253 e. The molecule has 1 aliphatic rings. The van der Waals surface area contributed by atoms with Crippen LogP contribution in [0, 0.1) is 11.3 Å². The average Bonchev–Trinajstić information content (AvgIpc) is 2.72. The zero-order valence-electron chi connectivity index (χ0n) is 8.33. The summed E-state index contributed by atoms with van der Waals surface area (Å²) in [6.07, 6.45) is 3.45. The molecule has 0 fully saturated rings. The minimum absolute atomic E-state index is 0.688. The molecule has 1 heterocycles. The van der Waals surface area contributed by atoms with Crippen LogP contribution in [-0.2, 0) is 12.8 Å². The molecule has 1 aromatic heterocycles. The third-order valence-corrected chi connectivity index (χ3v) is 2.98. The predicted octanol–water partition coefficient (Wildman–Crippen LogP) is 2.60. The quantitative estimate of drug-likeness (QED) is 0.646. The summed E-state index contributed by atoms with van der Waals surface area (Å²) in [6, 6.07) is 10.1. The van der Waals surface area contributed by atoms with Crippen molar-refractivity contribution in [1.82, 2.24) is 4.98 Å². The molecule has 2 aromatic rings. The number of fused-ring (bicyclic) bond motifs is 2. The topological polar surface area (TPSA) is 36.7 Å². The average molecular weight is 194 g/mol. The van der Waals surface area contributed by atoms with Gasteiger partial charge in [-0.3, -0.25) is 4.98 Å². The Balaban J connectivity index is 2.30. The number of hydrogen-bond donors (Lipinski definition) is 0. The molecule has 0 aliphatic heterocycles. The van der Waals surface area contributed by atoms with Crippen molar-refractivity contribution in [3.63, 3.8) is 0 Å². The van der Waals surface area contributed by atoms with Gasteiger partial charge in [0.05, 0.1) is 17.1 Å². The van der Waals surface area contributed by atoms with E-state index in [-0.39, 0.29) is 0 Å². The van der Waals surface area contributed by atoms with Crippen molar-refractivity contribution in [1.29, 1.82) is 5.26 Å². The van der Waals surface area contributed by atoms with E-state index in [0.29, 0.717) is 5.56 Å². The second-order valence-corrected chi connectivity index (χ2v) is 3.97. The number of aromatic nitrogens is 1. The van der Waals surface area contributed by atoms with Crippen molar-refractivity contribution in [3.05, 3.63) is 41.1 Å². The molecule has 72 valence electrons. The van der Waals surface area contributed by atoms with E-state index in [1.165, 1.54) is 17.7 Å². The lowest BCUT2D eigenvalue weighted by atomic mass is 10.1. The smallest absolute Gasteiger partial charge is 0.0992 e. The highest BCUT2D eigenvalue weighted by atomic mass is 14.7. The molecule has 0 bridgehead atoms. The summed E-state index contributed by atoms with van der Waals surface area (Å²) in [6.45, 7) is 0. The van der Waals surface area contributed by atoms with Crippen molar-refractivity contribution in [2.45, 2.75) is 19.3 Å². The summed E-state index contributed by atoms with van der Waals surface area (Å²) in [5, 5.41) is 9.96. The van der Waals surface area contributed by atoms with Crippen LogP contribution >= 0.6 is 0 Å². The third-order valence-electron chi connectivity index (χ3n) is 2.98. The number of hydrogen-bond acceptors (Lipinski definition) is 2. The molecule has 0 spiro atoms. The van der Waals surface area contributed by atoms with E-state index in [2.05, 4.69) is 17.1 Å². The van der Waals surface area contributed by atoms with Gasteiger partial charge in [0.15, 0.2) is 0 Å². The van der Waals surface area contributed by atoms with Crippen LogP contribution in [0.2, 0.25) is 0 Å². The molecular formula is C13H10N2. The fraction of sp³-hybridized carbons (Fsp3) is 0.231. The van der Waals surface area contributed by atoms with Crippen LogP contribution in [0.4, 0.5) is 0 Å². The van der Waals surface area contributed by atoms with Gasteiger partial charge in [-0.25, -0.2) is 0 Å². The largest absolute Gasteiger partial charge is 0.253 e. The highest BCUT2D eigenvalue weighted by Gasteiger charge is 2.12. The molecule has 0 amide bonds. The van der Waals surface area contributed by atoms with Crippen LogP contribution in [-0.4, -0.2) is 4.98 Å². The maximum absolute atomic E-state index is 8.81. The first-order valence-electron chi connectivity index (χ1n) is 5.19. The summed E-state index contributed by atoms with van der Waals surface area (Å²) >= 11 is 0. The molecule has 15 heavy (non-hydrogen) atoms. The van der Waals surface area contributed by atoms with E-state index >= 15 is 0 Å². The van der Waals surface area contributed by atoms with E-state index in [0.717, 1.165) is 23.7 Å². The molecular weight excluding hydrogens is 184 g/mol. The molecule has 1 aliphatic carbocycles. The van der Waals surface area contributed by atoms with Crippen molar-refractivity contribution in [3.8, 4) is 6.07 Å². The zero-order chi connectivity index (χ0) is 10.3. The van der Waals surface area contributed by atoms with Gasteiger partial charge in [0.25, 0.3) is 0 Å². The van der Waals surface area contributed by atoms with Gasteiger partial charge in [-0.05, 0) is 43.0 Å². The summed E-state index contributed by atoms with van der Waals surface area (Å²) in [5.41, 5.74) is 4.24. The Morgan fingerprint density at radius 1 is 1.20 bits per heavy atom.